The number of aromatic nitrogens is 2. The van der Waals surface area contributed by atoms with Gasteiger partial charge in [0.15, 0.2) is 5.69 Å². The molecule has 2 atom stereocenters. The summed E-state index contributed by atoms with van der Waals surface area (Å²) in [6, 6.07) is 3.43. The van der Waals surface area contributed by atoms with E-state index in [0.717, 1.165) is 18.5 Å². The molecule has 2 saturated heterocycles. The van der Waals surface area contributed by atoms with Gasteiger partial charge in [-0.05, 0) is 38.7 Å². The van der Waals surface area contributed by atoms with Gasteiger partial charge in [-0.15, -0.1) is 12.4 Å². The fourth-order valence-corrected chi connectivity index (χ4v) is 3.36. The number of nitrogens with one attached hydrogen (secondary N) is 1. The van der Waals surface area contributed by atoms with Crippen molar-refractivity contribution in [3.05, 3.63) is 17.5 Å². The Kier molecular flexibility index (Phi) is 4.39. The van der Waals surface area contributed by atoms with Crippen LogP contribution in [0.5, 0.6) is 0 Å². The molecule has 2 aliphatic heterocycles. The fourth-order valence-electron chi connectivity index (χ4n) is 3.36. The SMILES string of the molecule is Cc1cc(C(=O)N(C)C2CC3CCC(C2)N3)nn1C.Cl. The molecule has 2 aliphatic rings. The van der Waals surface area contributed by atoms with Gasteiger partial charge in [0, 0.05) is 37.9 Å². The molecular weight excluding hydrogens is 276 g/mol. The first kappa shape index (κ1) is 15.3. The molecule has 0 aromatic carbocycles. The molecule has 2 unspecified atom stereocenters. The Morgan fingerprint density at radius 3 is 2.50 bits per heavy atom. The van der Waals surface area contributed by atoms with Gasteiger partial charge in [0.1, 0.15) is 0 Å². The van der Waals surface area contributed by atoms with Crippen molar-refractivity contribution in [2.75, 3.05) is 7.05 Å². The monoisotopic (exact) mass is 298 g/mol. The van der Waals surface area contributed by atoms with E-state index < -0.39 is 0 Å². The second kappa shape index (κ2) is 5.74. The molecule has 1 N–H and O–H groups in total. The van der Waals surface area contributed by atoms with E-state index in [2.05, 4.69) is 10.4 Å². The van der Waals surface area contributed by atoms with Crippen molar-refractivity contribution in [2.24, 2.45) is 7.05 Å². The molecule has 0 saturated carbocycles. The minimum atomic E-state index is 0. The van der Waals surface area contributed by atoms with E-state index in [0.29, 0.717) is 23.8 Å². The average Bonchev–Trinajstić information content (AvgIpc) is 2.91. The molecule has 2 bridgehead atoms. The molecule has 20 heavy (non-hydrogen) atoms. The highest BCUT2D eigenvalue weighted by atomic mass is 35.5. The summed E-state index contributed by atoms with van der Waals surface area (Å²) >= 11 is 0. The van der Waals surface area contributed by atoms with E-state index in [1.807, 2.05) is 32.0 Å². The smallest absolute Gasteiger partial charge is 0.274 e. The van der Waals surface area contributed by atoms with Crippen LogP contribution in [0, 0.1) is 6.92 Å². The van der Waals surface area contributed by atoms with Gasteiger partial charge >= 0.3 is 0 Å². The summed E-state index contributed by atoms with van der Waals surface area (Å²) in [5.74, 6) is 0.0509. The summed E-state index contributed by atoms with van der Waals surface area (Å²) in [5, 5.41) is 7.90. The Hall–Kier alpha value is -1.07. The molecule has 3 heterocycles. The Morgan fingerprint density at radius 2 is 2.00 bits per heavy atom. The fraction of sp³-hybridized carbons (Fsp3) is 0.714. The number of carbonyl (C=O) groups is 1. The van der Waals surface area contributed by atoms with E-state index in [1.165, 1.54) is 12.8 Å². The number of fused-ring (bicyclic) bond motifs is 2. The average molecular weight is 299 g/mol. The number of piperidine rings is 1. The molecule has 112 valence electrons. The Labute approximate surface area is 126 Å². The van der Waals surface area contributed by atoms with Crippen molar-refractivity contribution in [3.63, 3.8) is 0 Å². The van der Waals surface area contributed by atoms with E-state index >= 15 is 0 Å². The molecular formula is C14H23ClN4O. The third kappa shape index (κ3) is 2.69. The van der Waals surface area contributed by atoms with Crippen LogP contribution in [-0.4, -0.2) is 45.8 Å². The predicted molar refractivity (Wildman–Crippen MR) is 80.3 cm³/mol. The van der Waals surface area contributed by atoms with Gasteiger partial charge in [0.05, 0.1) is 0 Å². The lowest BCUT2D eigenvalue weighted by molar-refractivity contribution is 0.0675. The van der Waals surface area contributed by atoms with E-state index in [9.17, 15) is 4.79 Å². The van der Waals surface area contributed by atoms with Gasteiger partial charge in [-0.1, -0.05) is 0 Å². The zero-order chi connectivity index (χ0) is 13.6. The lowest BCUT2D eigenvalue weighted by Crippen LogP contribution is -2.48. The lowest BCUT2D eigenvalue weighted by Gasteiger charge is -2.35. The van der Waals surface area contributed by atoms with Crippen LogP contribution < -0.4 is 5.32 Å². The molecule has 0 aliphatic carbocycles. The maximum atomic E-state index is 12.5. The molecule has 1 amide bonds. The number of hydrogen-bond acceptors (Lipinski definition) is 3. The van der Waals surface area contributed by atoms with Crippen molar-refractivity contribution in [1.29, 1.82) is 0 Å². The Balaban J connectivity index is 0.00000147. The van der Waals surface area contributed by atoms with Crippen LogP contribution in [0.25, 0.3) is 0 Å². The molecule has 5 nitrogen and oxygen atoms in total. The van der Waals surface area contributed by atoms with Gasteiger partial charge in [0.25, 0.3) is 5.91 Å². The van der Waals surface area contributed by atoms with Crippen LogP contribution in [0.2, 0.25) is 0 Å². The van der Waals surface area contributed by atoms with Gasteiger partial charge in [0.2, 0.25) is 0 Å². The van der Waals surface area contributed by atoms with Crippen molar-refractivity contribution in [3.8, 4) is 0 Å². The van der Waals surface area contributed by atoms with Crippen molar-refractivity contribution < 1.29 is 4.79 Å². The van der Waals surface area contributed by atoms with Gasteiger partial charge in [-0.3, -0.25) is 9.48 Å². The number of carbonyl (C=O) groups excluding carboxylic acids is 1. The summed E-state index contributed by atoms with van der Waals surface area (Å²) in [7, 11) is 3.79. The minimum absolute atomic E-state index is 0. The Morgan fingerprint density at radius 1 is 1.40 bits per heavy atom. The normalized spacial score (nSPS) is 28.1. The van der Waals surface area contributed by atoms with Crippen molar-refractivity contribution in [2.45, 2.75) is 50.7 Å². The zero-order valence-electron chi connectivity index (χ0n) is 12.3. The van der Waals surface area contributed by atoms with Crippen LogP contribution in [-0.2, 0) is 7.05 Å². The highest BCUT2D eigenvalue weighted by Crippen LogP contribution is 2.29. The summed E-state index contributed by atoms with van der Waals surface area (Å²) in [4.78, 5) is 14.4. The first-order valence-corrected chi connectivity index (χ1v) is 7.08. The largest absolute Gasteiger partial charge is 0.337 e. The van der Waals surface area contributed by atoms with Crippen LogP contribution in [0.3, 0.4) is 0 Å². The van der Waals surface area contributed by atoms with E-state index in [-0.39, 0.29) is 18.3 Å². The van der Waals surface area contributed by atoms with Crippen molar-refractivity contribution >= 4 is 18.3 Å². The number of halogens is 1. The third-order valence-corrected chi connectivity index (χ3v) is 4.65. The van der Waals surface area contributed by atoms with Crippen LogP contribution in [0.4, 0.5) is 0 Å². The maximum absolute atomic E-state index is 12.5. The number of amides is 1. The molecule has 3 rings (SSSR count). The number of nitrogens with zero attached hydrogens (tertiary/aromatic N) is 3. The van der Waals surface area contributed by atoms with Crippen LogP contribution in [0.15, 0.2) is 6.07 Å². The molecule has 1 aromatic rings. The highest BCUT2D eigenvalue weighted by Gasteiger charge is 2.36. The molecule has 0 radical (unpaired) electrons. The number of aryl methyl sites for hydroxylation is 2. The first-order chi connectivity index (χ1) is 9.04. The molecule has 0 spiro atoms. The minimum Gasteiger partial charge on any atom is -0.337 e. The van der Waals surface area contributed by atoms with Gasteiger partial charge < -0.3 is 10.2 Å². The number of hydrogen-bond donors (Lipinski definition) is 1. The van der Waals surface area contributed by atoms with Crippen molar-refractivity contribution in [1.82, 2.24) is 20.0 Å². The first-order valence-electron chi connectivity index (χ1n) is 7.08. The van der Waals surface area contributed by atoms with E-state index in [1.54, 1.807) is 4.68 Å². The van der Waals surface area contributed by atoms with Crippen LogP contribution in [0.1, 0.15) is 41.9 Å². The quantitative estimate of drug-likeness (QED) is 0.900. The summed E-state index contributed by atoms with van der Waals surface area (Å²) in [5.41, 5.74) is 1.58. The molecule has 2 fully saturated rings. The summed E-state index contributed by atoms with van der Waals surface area (Å²) < 4.78 is 1.76. The maximum Gasteiger partial charge on any atom is 0.274 e. The highest BCUT2D eigenvalue weighted by molar-refractivity contribution is 5.92. The summed E-state index contributed by atoms with van der Waals surface area (Å²) in [6.07, 6.45) is 4.66. The lowest BCUT2D eigenvalue weighted by atomic mass is 9.98. The second-order valence-electron chi connectivity index (χ2n) is 5.97. The standard InChI is InChI=1S/C14H22N4O.ClH/c1-9-6-13(16-18(9)3)14(19)17(2)12-7-10-4-5-11(8-12)15-10;/h6,10-12,15H,4-5,7-8H2,1-3H3;1H. The van der Waals surface area contributed by atoms with Crippen LogP contribution >= 0.6 is 12.4 Å². The Bertz CT molecular complexity index is 470. The molecule has 6 heteroatoms. The van der Waals surface area contributed by atoms with Gasteiger partial charge in [-0.2, -0.15) is 5.10 Å². The third-order valence-electron chi connectivity index (χ3n) is 4.65. The predicted octanol–water partition coefficient (Wildman–Crippen LogP) is 1.51. The topological polar surface area (TPSA) is 50.2 Å². The molecule has 1 aromatic heterocycles. The second-order valence-corrected chi connectivity index (χ2v) is 5.97. The van der Waals surface area contributed by atoms with Gasteiger partial charge in [-0.25, -0.2) is 0 Å². The van der Waals surface area contributed by atoms with E-state index in [4.69, 9.17) is 0 Å². The summed E-state index contributed by atoms with van der Waals surface area (Å²) in [6.45, 7) is 1.97. The zero-order valence-corrected chi connectivity index (χ0v) is 13.1. The number of rotatable bonds is 2.